The molecule has 0 amide bonds. The lowest BCUT2D eigenvalue weighted by atomic mass is 10.1. The first-order valence-corrected chi connectivity index (χ1v) is 8.53. The van der Waals surface area contributed by atoms with E-state index in [4.69, 9.17) is 0 Å². The molecule has 1 aliphatic rings. The molecule has 1 aromatic heterocycles. The summed E-state index contributed by atoms with van der Waals surface area (Å²) in [6.07, 6.45) is 2.59. The topological polar surface area (TPSA) is 49.0 Å². The summed E-state index contributed by atoms with van der Waals surface area (Å²) in [5.74, 6) is 0.814. The molecule has 2 aromatic rings. The van der Waals surface area contributed by atoms with E-state index in [0.29, 0.717) is 0 Å². The Bertz CT molecular complexity index is 726. The second-order valence-electron chi connectivity index (χ2n) is 5.74. The standard InChI is InChI=1S/C17H20BrN3O/c1-2-5-16-19-15-11-21(9-8-13(15)17(22)20-16)10-12-6-3-4-7-14(12)18/h3-4,6-7H,2,5,8-11H2,1H3,(H,19,20,22). The van der Waals surface area contributed by atoms with E-state index in [0.717, 1.165) is 60.5 Å². The number of aromatic nitrogens is 2. The highest BCUT2D eigenvalue weighted by Crippen LogP contribution is 2.21. The summed E-state index contributed by atoms with van der Waals surface area (Å²) in [5, 5.41) is 0. The normalized spacial score (nSPS) is 14.8. The van der Waals surface area contributed by atoms with Crippen LogP contribution in [0.5, 0.6) is 0 Å². The summed E-state index contributed by atoms with van der Waals surface area (Å²) in [6, 6.07) is 8.28. The van der Waals surface area contributed by atoms with Crippen molar-refractivity contribution in [3.05, 3.63) is 61.7 Å². The second kappa shape index (κ2) is 6.75. The van der Waals surface area contributed by atoms with Crippen molar-refractivity contribution < 1.29 is 0 Å². The zero-order chi connectivity index (χ0) is 15.5. The molecule has 22 heavy (non-hydrogen) atoms. The molecule has 116 valence electrons. The summed E-state index contributed by atoms with van der Waals surface area (Å²) in [4.78, 5) is 22.1. The fourth-order valence-electron chi connectivity index (χ4n) is 2.90. The largest absolute Gasteiger partial charge is 0.310 e. The molecule has 0 fully saturated rings. The number of aromatic amines is 1. The number of hydrogen-bond donors (Lipinski definition) is 1. The second-order valence-corrected chi connectivity index (χ2v) is 6.59. The van der Waals surface area contributed by atoms with E-state index in [-0.39, 0.29) is 5.56 Å². The molecule has 0 saturated heterocycles. The molecule has 0 bridgehead atoms. The van der Waals surface area contributed by atoms with Gasteiger partial charge in [0.05, 0.1) is 5.69 Å². The Kier molecular flexibility index (Phi) is 4.74. The molecule has 1 aliphatic heterocycles. The molecule has 0 spiro atoms. The minimum atomic E-state index is 0.0500. The van der Waals surface area contributed by atoms with E-state index in [2.05, 4.69) is 55.9 Å². The lowest BCUT2D eigenvalue weighted by Gasteiger charge is -2.28. The molecule has 5 heteroatoms. The van der Waals surface area contributed by atoms with Crippen molar-refractivity contribution in [3.8, 4) is 0 Å². The van der Waals surface area contributed by atoms with Crippen LogP contribution in [0.4, 0.5) is 0 Å². The van der Waals surface area contributed by atoms with E-state index in [9.17, 15) is 4.79 Å². The number of rotatable bonds is 4. The van der Waals surface area contributed by atoms with Crippen LogP contribution in [0.3, 0.4) is 0 Å². The highest BCUT2D eigenvalue weighted by molar-refractivity contribution is 9.10. The molecule has 0 aliphatic carbocycles. The van der Waals surface area contributed by atoms with Gasteiger partial charge in [0.2, 0.25) is 0 Å². The van der Waals surface area contributed by atoms with E-state index < -0.39 is 0 Å². The maximum absolute atomic E-state index is 12.2. The van der Waals surface area contributed by atoms with Crippen LogP contribution in [-0.4, -0.2) is 21.4 Å². The lowest BCUT2D eigenvalue weighted by molar-refractivity contribution is 0.239. The first kappa shape index (κ1) is 15.4. The predicted octanol–water partition coefficient (Wildman–Crippen LogP) is 3.04. The van der Waals surface area contributed by atoms with Crippen molar-refractivity contribution in [2.75, 3.05) is 6.54 Å². The minimum absolute atomic E-state index is 0.0500. The van der Waals surface area contributed by atoms with Gasteiger partial charge >= 0.3 is 0 Å². The fourth-order valence-corrected chi connectivity index (χ4v) is 3.31. The molecular formula is C17H20BrN3O. The number of halogens is 1. The SMILES string of the molecule is CCCc1nc2c(c(=O)[nH]1)CCN(Cc1ccccc1Br)C2. The molecule has 1 N–H and O–H groups in total. The van der Waals surface area contributed by atoms with E-state index in [1.165, 1.54) is 5.56 Å². The van der Waals surface area contributed by atoms with Crippen molar-refractivity contribution in [2.24, 2.45) is 0 Å². The molecule has 0 saturated carbocycles. The summed E-state index contributed by atoms with van der Waals surface area (Å²) >= 11 is 3.60. The zero-order valence-electron chi connectivity index (χ0n) is 12.7. The van der Waals surface area contributed by atoms with E-state index in [1.807, 2.05) is 6.07 Å². The van der Waals surface area contributed by atoms with E-state index in [1.54, 1.807) is 0 Å². The maximum atomic E-state index is 12.2. The third-order valence-corrected chi connectivity index (χ3v) is 4.81. The maximum Gasteiger partial charge on any atom is 0.254 e. The Morgan fingerprint density at radius 1 is 1.36 bits per heavy atom. The van der Waals surface area contributed by atoms with Gasteiger partial charge in [-0.05, 0) is 24.5 Å². The number of nitrogens with zero attached hydrogens (tertiary/aromatic N) is 2. The average molecular weight is 362 g/mol. The van der Waals surface area contributed by atoms with Gasteiger partial charge < -0.3 is 4.98 Å². The molecule has 3 rings (SSSR count). The number of hydrogen-bond acceptors (Lipinski definition) is 3. The Hall–Kier alpha value is -1.46. The van der Waals surface area contributed by atoms with Gasteiger partial charge in [-0.25, -0.2) is 4.98 Å². The van der Waals surface area contributed by atoms with Gasteiger partial charge in [-0.1, -0.05) is 41.1 Å². The van der Waals surface area contributed by atoms with Crippen molar-refractivity contribution in [2.45, 2.75) is 39.3 Å². The first-order valence-electron chi connectivity index (χ1n) is 7.74. The van der Waals surface area contributed by atoms with Gasteiger partial charge in [-0.15, -0.1) is 0 Å². The summed E-state index contributed by atoms with van der Waals surface area (Å²) in [6.45, 7) is 4.61. The van der Waals surface area contributed by atoms with Crippen molar-refractivity contribution in [1.82, 2.24) is 14.9 Å². The molecule has 0 atom stereocenters. The quantitative estimate of drug-likeness (QED) is 0.910. The third-order valence-electron chi connectivity index (χ3n) is 4.04. The zero-order valence-corrected chi connectivity index (χ0v) is 14.3. The van der Waals surface area contributed by atoms with Crippen LogP contribution in [0.15, 0.2) is 33.5 Å². The highest BCUT2D eigenvalue weighted by Gasteiger charge is 2.21. The smallest absolute Gasteiger partial charge is 0.254 e. The van der Waals surface area contributed by atoms with Crippen LogP contribution in [0.25, 0.3) is 0 Å². The fraction of sp³-hybridized carbons (Fsp3) is 0.412. The summed E-state index contributed by atoms with van der Waals surface area (Å²) in [5.41, 5.74) is 3.13. The van der Waals surface area contributed by atoms with Crippen molar-refractivity contribution >= 4 is 15.9 Å². The molecular weight excluding hydrogens is 342 g/mol. The number of fused-ring (bicyclic) bond motifs is 1. The lowest BCUT2D eigenvalue weighted by Crippen LogP contribution is -2.35. The first-order chi connectivity index (χ1) is 10.7. The van der Waals surface area contributed by atoms with Crippen molar-refractivity contribution in [3.63, 3.8) is 0 Å². The molecule has 0 radical (unpaired) electrons. The molecule has 2 heterocycles. The Morgan fingerprint density at radius 2 is 2.18 bits per heavy atom. The average Bonchev–Trinajstić information content (AvgIpc) is 2.50. The van der Waals surface area contributed by atoms with Crippen LogP contribution >= 0.6 is 15.9 Å². The van der Waals surface area contributed by atoms with Crippen LogP contribution in [-0.2, 0) is 25.9 Å². The van der Waals surface area contributed by atoms with Gasteiger partial charge in [0, 0.05) is 36.1 Å². The van der Waals surface area contributed by atoms with Gasteiger partial charge in [0.1, 0.15) is 5.82 Å². The third kappa shape index (κ3) is 3.31. The van der Waals surface area contributed by atoms with Crippen LogP contribution < -0.4 is 5.56 Å². The Labute approximate surface area is 138 Å². The van der Waals surface area contributed by atoms with Crippen LogP contribution in [0.2, 0.25) is 0 Å². The van der Waals surface area contributed by atoms with Gasteiger partial charge in [-0.2, -0.15) is 0 Å². The monoisotopic (exact) mass is 361 g/mol. The molecule has 4 nitrogen and oxygen atoms in total. The number of nitrogens with one attached hydrogen (secondary N) is 1. The van der Waals surface area contributed by atoms with E-state index >= 15 is 0 Å². The number of aryl methyl sites for hydroxylation is 1. The Morgan fingerprint density at radius 3 is 2.95 bits per heavy atom. The number of benzene rings is 1. The van der Waals surface area contributed by atoms with Crippen molar-refractivity contribution in [1.29, 1.82) is 0 Å². The summed E-state index contributed by atoms with van der Waals surface area (Å²) < 4.78 is 1.13. The molecule has 1 aromatic carbocycles. The van der Waals surface area contributed by atoms with Gasteiger partial charge in [0.15, 0.2) is 0 Å². The number of H-pyrrole nitrogens is 1. The molecule has 0 unspecified atom stereocenters. The minimum Gasteiger partial charge on any atom is -0.310 e. The predicted molar refractivity (Wildman–Crippen MR) is 90.8 cm³/mol. The Balaban J connectivity index is 1.81. The van der Waals surface area contributed by atoms with Crippen LogP contribution in [0, 0.1) is 0 Å². The highest BCUT2D eigenvalue weighted by atomic mass is 79.9. The van der Waals surface area contributed by atoms with Crippen LogP contribution in [0.1, 0.15) is 36.0 Å². The van der Waals surface area contributed by atoms with Gasteiger partial charge in [0.25, 0.3) is 5.56 Å². The summed E-state index contributed by atoms with van der Waals surface area (Å²) in [7, 11) is 0. The van der Waals surface area contributed by atoms with Gasteiger partial charge in [-0.3, -0.25) is 9.69 Å².